The molecule has 0 atom stereocenters. The summed E-state index contributed by atoms with van der Waals surface area (Å²) in [4.78, 5) is 6.73. The first kappa shape index (κ1) is 12.3. The van der Waals surface area contributed by atoms with Crippen molar-refractivity contribution < 1.29 is 0 Å². The Balaban J connectivity index is 2.73. The van der Waals surface area contributed by atoms with Gasteiger partial charge in [0.1, 0.15) is 5.82 Å². The molecule has 0 spiro atoms. The van der Waals surface area contributed by atoms with E-state index in [1.807, 2.05) is 13.0 Å². The van der Waals surface area contributed by atoms with Crippen LogP contribution in [0, 0.1) is 6.92 Å². The number of nitrogens with zero attached hydrogens (tertiary/aromatic N) is 2. The standard InChI is InChI=1S/C12H19ClN2/c1-4-5-8-15(3)12-7-6-11(9-13)10(2)14-12/h6-7H,4-5,8-9H2,1-3H3. The lowest BCUT2D eigenvalue weighted by Crippen LogP contribution is -2.19. The van der Waals surface area contributed by atoms with Gasteiger partial charge in [0.05, 0.1) is 0 Å². The van der Waals surface area contributed by atoms with Crippen molar-refractivity contribution in [3.63, 3.8) is 0 Å². The van der Waals surface area contributed by atoms with E-state index in [4.69, 9.17) is 11.6 Å². The van der Waals surface area contributed by atoms with E-state index >= 15 is 0 Å². The van der Waals surface area contributed by atoms with E-state index < -0.39 is 0 Å². The molecule has 0 amide bonds. The second kappa shape index (κ2) is 5.96. The normalized spacial score (nSPS) is 10.4. The molecule has 0 fully saturated rings. The largest absolute Gasteiger partial charge is 0.360 e. The number of pyridine rings is 1. The molecule has 1 aromatic heterocycles. The fourth-order valence-electron chi connectivity index (χ4n) is 1.44. The van der Waals surface area contributed by atoms with E-state index in [-0.39, 0.29) is 0 Å². The molecule has 0 unspecified atom stereocenters. The van der Waals surface area contributed by atoms with Crippen molar-refractivity contribution in [2.24, 2.45) is 0 Å². The monoisotopic (exact) mass is 226 g/mol. The molecule has 0 saturated heterocycles. The second-order valence-corrected chi connectivity index (χ2v) is 4.09. The molecular formula is C12H19ClN2. The predicted octanol–water partition coefficient (Wildman–Crippen LogP) is 3.37. The third-order valence-electron chi connectivity index (χ3n) is 2.56. The molecule has 2 nitrogen and oxygen atoms in total. The van der Waals surface area contributed by atoms with Gasteiger partial charge in [0.2, 0.25) is 0 Å². The van der Waals surface area contributed by atoms with Crippen LogP contribution < -0.4 is 4.90 Å². The minimum Gasteiger partial charge on any atom is -0.360 e. The average molecular weight is 227 g/mol. The fraction of sp³-hybridized carbons (Fsp3) is 0.583. The number of hydrogen-bond acceptors (Lipinski definition) is 2. The Kier molecular flexibility index (Phi) is 4.89. The summed E-state index contributed by atoms with van der Waals surface area (Å²) in [6.07, 6.45) is 2.41. The lowest BCUT2D eigenvalue weighted by molar-refractivity contribution is 0.758. The van der Waals surface area contributed by atoms with Crippen molar-refractivity contribution >= 4 is 17.4 Å². The van der Waals surface area contributed by atoms with Crippen LogP contribution in [0.5, 0.6) is 0 Å². The molecule has 0 aliphatic rings. The zero-order valence-corrected chi connectivity index (χ0v) is 10.5. The Morgan fingerprint density at radius 1 is 1.40 bits per heavy atom. The molecule has 0 aliphatic carbocycles. The van der Waals surface area contributed by atoms with Crippen LogP contribution in [0.3, 0.4) is 0 Å². The Bertz CT molecular complexity index is 312. The molecule has 15 heavy (non-hydrogen) atoms. The molecule has 84 valence electrons. The molecule has 0 aromatic carbocycles. The highest BCUT2D eigenvalue weighted by molar-refractivity contribution is 6.17. The summed E-state index contributed by atoms with van der Waals surface area (Å²) in [6, 6.07) is 4.10. The van der Waals surface area contributed by atoms with Crippen molar-refractivity contribution in [1.82, 2.24) is 4.98 Å². The van der Waals surface area contributed by atoms with Crippen LogP contribution in [0.1, 0.15) is 31.0 Å². The number of halogens is 1. The molecule has 0 radical (unpaired) electrons. The third-order valence-corrected chi connectivity index (χ3v) is 2.85. The maximum absolute atomic E-state index is 5.79. The highest BCUT2D eigenvalue weighted by atomic mass is 35.5. The number of aryl methyl sites for hydroxylation is 1. The van der Waals surface area contributed by atoms with Crippen LogP contribution in [0.4, 0.5) is 5.82 Å². The van der Waals surface area contributed by atoms with Crippen molar-refractivity contribution in [2.75, 3.05) is 18.5 Å². The first-order valence-corrected chi connectivity index (χ1v) is 5.96. The van der Waals surface area contributed by atoms with Crippen molar-refractivity contribution in [2.45, 2.75) is 32.6 Å². The van der Waals surface area contributed by atoms with Crippen LogP contribution in [0.25, 0.3) is 0 Å². The second-order valence-electron chi connectivity index (χ2n) is 3.82. The van der Waals surface area contributed by atoms with Gasteiger partial charge in [-0.1, -0.05) is 19.4 Å². The summed E-state index contributed by atoms with van der Waals surface area (Å²) in [5.41, 5.74) is 2.15. The van der Waals surface area contributed by atoms with E-state index in [1.54, 1.807) is 0 Å². The van der Waals surface area contributed by atoms with Gasteiger partial charge in [-0.25, -0.2) is 4.98 Å². The van der Waals surface area contributed by atoms with Crippen LogP contribution in [0.15, 0.2) is 12.1 Å². The van der Waals surface area contributed by atoms with Gasteiger partial charge in [-0.3, -0.25) is 0 Å². The van der Waals surface area contributed by atoms with Gasteiger partial charge < -0.3 is 4.90 Å². The molecule has 0 N–H and O–H groups in total. The third kappa shape index (κ3) is 3.38. The quantitative estimate of drug-likeness (QED) is 0.716. The molecular weight excluding hydrogens is 208 g/mol. The number of anilines is 1. The van der Waals surface area contributed by atoms with Crippen LogP contribution in [0.2, 0.25) is 0 Å². The van der Waals surface area contributed by atoms with E-state index in [0.29, 0.717) is 5.88 Å². The zero-order valence-electron chi connectivity index (χ0n) is 9.76. The lowest BCUT2D eigenvalue weighted by atomic mass is 10.2. The molecule has 1 rings (SSSR count). The van der Waals surface area contributed by atoms with Crippen molar-refractivity contribution in [1.29, 1.82) is 0 Å². The van der Waals surface area contributed by atoms with Gasteiger partial charge in [0.15, 0.2) is 0 Å². The first-order valence-electron chi connectivity index (χ1n) is 5.42. The van der Waals surface area contributed by atoms with Gasteiger partial charge >= 0.3 is 0 Å². The highest BCUT2D eigenvalue weighted by Gasteiger charge is 2.04. The highest BCUT2D eigenvalue weighted by Crippen LogP contribution is 2.15. The SMILES string of the molecule is CCCCN(C)c1ccc(CCl)c(C)n1. The Labute approximate surface area is 97.3 Å². The summed E-state index contributed by atoms with van der Waals surface area (Å²) >= 11 is 5.79. The van der Waals surface area contributed by atoms with Crippen molar-refractivity contribution in [3.8, 4) is 0 Å². The average Bonchev–Trinajstić information content (AvgIpc) is 2.25. The van der Waals surface area contributed by atoms with Gasteiger partial charge in [0.25, 0.3) is 0 Å². The summed E-state index contributed by atoms with van der Waals surface area (Å²) < 4.78 is 0. The topological polar surface area (TPSA) is 16.1 Å². The molecule has 1 aromatic rings. The lowest BCUT2D eigenvalue weighted by Gasteiger charge is -2.18. The van der Waals surface area contributed by atoms with Gasteiger partial charge in [-0.05, 0) is 25.0 Å². The van der Waals surface area contributed by atoms with Gasteiger partial charge in [-0.15, -0.1) is 11.6 Å². The Hall–Kier alpha value is -0.760. The van der Waals surface area contributed by atoms with Crippen LogP contribution >= 0.6 is 11.6 Å². The fourth-order valence-corrected chi connectivity index (χ4v) is 1.72. The van der Waals surface area contributed by atoms with E-state index in [9.17, 15) is 0 Å². The van der Waals surface area contributed by atoms with E-state index in [2.05, 4.69) is 29.9 Å². The summed E-state index contributed by atoms with van der Waals surface area (Å²) in [7, 11) is 2.08. The minimum absolute atomic E-state index is 0.539. The predicted molar refractivity (Wildman–Crippen MR) is 66.7 cm³/mol. The maximum atomic E-state index is 5.79. The molecule has 3 heteroatoms. The first-order chi connectivity index (χ1) is 7.19. The summed E-state index contributed by atoms with van der Waals surface area (Å²) in [5, 5.41) is 0. The minimum atomic E-state index is 0.539. The van der Waals surface area contributed by atoms with Gasteiger partial charge in [0, 0.05) is 25.2 Å². The molecule has 0 saturated carbocycles. The number of unbranched alkanes of at least 4 members (excludes halogenated alkanes) is 1. The number of aromatic nitrogens is 1. The molecule has 0 bridgehead atoms. The van der Waals surface area contributed by atoms with Crippen LogP contribution in [-0.2, 0) is 5.88 Å². The smallest absolute Gasteiger partial charge is 0.128 e. The van der Waals surface area contributed by atoms with Gasteiger partial charge in [-0.2, -0.15) is 0 Å². The molecule has 1 heterocycles. The van der Waals surface area contributed by atoms with Crippen molar-refractivity contribution in [3.05, 3.63) is 23.4 Å². The summed E-state index contributed by atoms with van der Waals surface area (Å²) in [6.45, 7) is 5.27. The maximum Gasteiger partial charge on any atom is 0.128 e. The van der Waals surface area contributed by atoms with E-state index in [0.717, 1.165) is 23.6 Å². The molecule has 0 aliphatic heterocycles. The zero-order chi connectivity index (χ0) is 11.3. The Morgan fingerprint density at radius 3 is 2.67 bits per heavy atom. The van der Waals surface area contributed by atoms with Crippen LogP contribution in [-0.4, -0.2) is 18.6 Å². The number of hydrogen-bond donors (Lipinski definition) is 0. The number of alkyl halides is 1. The van der Waals surface area contributed by atoms with E-state index in [1.165, 1.54) is 12.8 Å². The Morgan fingerprint density at radius 2 is 2.13 bits per heavy atom. The number of rotatable bonds is 5. The summed E-state index contributed by atoms with van der Waals surface area (Å²) in [5.74, 6) is 1.58.